The molecule has 0 spiro atoms. The first-order valence-electron chi connectivity index (χ1n) is 8.82. The van der Waals surface area contributed by atoms with E-state index in [9.17, 15) is 9.59 Å². The molecule has 0 fully saturated rings. The number of nitrogens with one attached hydrogen (secondary N) is 1. The van der Waals surface area contributed by atoms with Gasteiger partial charge in [-0.2, -0.15) is 13.5 Å². The number of benzene rings is 2. The Morgan fingerprint density at radius 1 is 1.14 bits per heavy atom. The maximum atomic E-state index is 12.4. The lowest BCUT2D eigenvalue weighted by molar-refractivity contribution is -0.117. The third-order valence-corrected chi connectivity index (χ3v) is 4.50. The maximum Gasteiger partial charge on any atom is 0.241 e. The first-order valence-corrected chi connectivity index (χ1v) is 8.82. The molecule has 146 valence electrons. The van der Waals surface area contributed by atoms with Crippen molar-refractivity contribution in [1.82, 2.24) is 0 Å². The molecule has 0 saturated carbocycles. The summed E-state index contributed by atoms with van der Waals surface area (Å²) < 4.78 is 0. The van der Waals surface area contributed by atoms with Crippen LogP contribution in [0.5, 0.6) is 0 Å². The second-order valence-corrected chi connectivity index (χ2v) is 6.47. The zero-order valence-electron chi connectivity index (χ0n) is 15.4. The summed E-state index contributed by atoms with van der Waals surface area (Å²) in [5.41, 5.74) is 11.1. The fourth-order valence-corrected chi connectivity index (χ4v) is 3.03. The molecule has 2 aromatic carbocycles. The van der Waals surface area contributed by atoms with E-state index in [2.05, 4.69) is 23.5 Å². The monoisotopic (exact) mass is 396 g/mol. The summed E-state index contributed by atoms with van der Waals surface area (Å²) in [6.45, 7) is -0.510. The number of rotatable bonds is 7. The van der Waals surface area contributed by atoms with Gasteiger partial charge in [-0.15, -0.1) is 0 Å². The van der Waals surface area contributed by atoms with Crippen LogP contribution in [0.1, 0.15) is 23.1 Å². The smallest absolute Gasteiger partial charge is 0.241 e. The van der Waals surface area contributed by atoms with E-state index in [-0.39, 0.29) is 25.2 Å². The lowest BCUT2D eigenvalue weighted by atomic mass is 9.99. The second-order valence-electron chi connectivity index (χ2n) is 6.47. The standard InChI is InChI=1S/C22H22N2O3.H2S/c23-21(13-17-9-8-16-3-1-2-4-20(16)17)22(27)24-18-10-5-15(6-11-18)7-12-19(26)14-25;/h1-7,9-12,21,25H,8,13-14,23H2,(H,24,27);1H2/b12-7+;/t21-;/m0./s1. The van der Waals surface area contributed by atoms with E-state index < -0.39 is 12.6 Å². The van der Waals surface area contributed by atoms with Crippen LogP contribution in [0.15, 0.2) is 60.7 Å². The Hall–Kier alpha value is -2.67. The Labute approximate surface area is 171 Å². The van der Waals surface area contributed by atoms with Gasteiger partial charge in [-0.25, -0.2) is 0 Å². The van der Waals surface area contributed by atoms with Crippen LogP contribution in [0.4, 0.5) is 5.69 Å². The van der Waals surface area contributed by atoms with Gasteiger partial charge in [0.2, 0.25) is 5.91 Å². The van der Waals surface area contributed by atoms with Gasteiger partial charge in [0, 0.05) is 5.69 Å². The van der Waals surface area contributed by atoms with Crippen molar-refractivity contribution >= 4 is 42.5 Å². The number of carbonyl (C=O) groups excluding carboxylic acids is 2. The van der Waals surface area contributed by atoms with E-state index in [1.807, 2.05) is 12.1 Å². The number of carbonyl (C=O) groups is 2. The van der Waals surface area contributed by atoms with Gasteiger partial charge in [-0.1, -0.05) is 48.6 Å². The van der Waals surface area contributed by atoms with Crippen molar-refractivity contribution in [3.63, 3.8) is 0 Å². The van der Waals surface area contributed by atoms with Gasteiger partial charge >= 0.3 is 0 Å². The number of aliphatic hydroxyl groups excluding tert-OH is 1. The Morgan fingerprint density at radius 3 is 2.57 bits per heavy atom. The van der Waals surface area contributed by atoms with Crippen LogP contribution in [0.25, 0.3) is 11.6 Å². The highest BCUT2D eigenvalue weighted by Crippen LogP contribution is 2.30. The number of hydrogen-bond donors (Lipinski definition) is 3. The lowest BCUT2D eigenvalue weighted by Gasteiger charge is -2.14. The van der Waals surface area contributed by atoms with Gasteiger partial charge < -0.3 is 16.2 Å². The van der Waals surface area contributed by atoms with E-state index in [4.69, 9.17) is 10.8 Å². The average Bonchev–Trinajstić information content (AvgIpc) is 3.10. The Balaban J connectivity index is 0.00000280. The molecule has 1 amide bonds. The minimum Gasteiger partial charge on any atom is -0.388 e. The molecule has 1 aliphatic carbocycles. The average molecular weight is 397 g/mol. The number of ketones is 1. The Kier molecular flexibility index (Phi) is 7.75. The second kappa shape index (κ2) is 10.0. The highest BCUT2D eigenvalue weighted by molar-refractivity contribution is 7.59. The molecule has 1 aliphatic rings. The molecule has 0 unspecified atom stereocenters. The maximum absolute atomic E-state index is 12.4. The summed E-state index contributed by atoms with van der Waals surface area (Å²) >= 11 is 0. The summed E-state index contributed by atoms with van der Waals surface area (Å²) in [7, 11) is 0. The van der Waals surface area contributed by atoms with Gasteiger partial charge in [0.25, 0.3) is 0 Å². The summed E-state index contributed by atoms with van der Waals surface area (Å²) in [5.74, 6) is -0.597. The van der Waals surface area contributed by atoms with Crippen LogP contribution >= 0.6 is 13.5 Å². The SMILES string of the molecule is N[C@@H](CC1=CCc2ccccc21)C(=O)Nc1ccc(/C=C/C(=O)CO)cc1.S. The van der Waals surface area contributed by atoms with Crippen LogP contribution in [-0.2, 0) is 16.0 Å². The van der Waals surface area contributed by atoms with Crippen LogP contribution < -0.4 is 11.1 Å². The number of allylic oxidation sites excluding steroid dienone is 1. The number of hydrogen-bond acceptors (Lipinski definition) is 4. The molecule has 0 heterocycles. The van der Waals surface area contributed by atoms with Gasteiger partial charge in [0.05, 0.1) is 6.04 Å². The summed E-state index contributed by atoms with van der Waals surface area (Å²) in [5, 5.41) is 11.5. The quantitative estimate of drug-likeness (QED) is 0.628. The highest BCUT2D eigenvalue weighted by atomic mass is 32.1. The van der Waals surface area contributed by atoms with Gasteiger partial charge in [0.1, 0.15) is 6.61 Å². The first-order chi connectivity index (χ1) is 13.1. The number of nitrogens with two attached hydrogens (primary N) is 1. The molecule has 2 aromatic rings. The summed E-state index contributed by atoms with van der Waals surface area (Å²) in [6.07, 6.45) is 6.43. The van der Waals surface area contributed by atoms with E-state index in [0.29, 0.717) is 12.1 Å². The van der Waals surface area contributed by atoms with Crippen molar-refractivity contribution in [2.75, 3.05) is 11.9 Å². The minimum atomic E-state index is -0.635. The molecule has 0 aromatic heterocycles. The van der Waals surface area contributed by atoms with Gasteiger partial charge in [0.15, 0.2) is 5.78 Å². The fourth-order valence-electron chi connectivity index (χ4n) is 3.03. The molecule has 0 aliphatic heterocycles. The number of amides is 1. The molecule has 0 bridgehead atoms. The van der Waals surface area contributed by atoms with E-state index >= 15 is 0 Å². The zero-order valence-corrected chi connectivity index (χ0v) is 16.4. The first kappa shape index (κ1) is 21.6. The van der Waals surface area contributed by atoms with Crippen molar-refractivity contribution in [1.29, 1.82) is 0 Å². The lowest BCUT2D eigenvalue weighted by Crippen LogP contribution is -2.35. The Bertz CT molecular complexity index is 904. The topological polar surface area (TPSA) is 92.4 Å². The number of fused-ring (bicyclic) bond motifs is 1. The van der Waals surface area contributed by atoms with E-state index in [0.717, 1.165) is 17.6 Å². The molecule has 0 saturated heterocycles. The summed E-state index contributed by atoms with van der Waals surface area (Å²) in [4.78, 5) is 23.5. The van der Waals surface area contributed by atoms with Crippen molar-refractivity contribution in [2.24, 2.45) is 5.73 Å². The highest BCUT2D eigenvalue weighted by Gasteiger charge is 2.20. The third-order valence-electron chi connectivity index (χ3n) is 4.50. The largest absolute Gasteiger partial charge is 0.388 e. The molecule has 3 rings (SSSR count). The molecular weight excluding hydrogens is 372 g/mol. The van der Waals surface area contributed by atoms with Crippen molar-refractivity contribution in [3.8, 4) is 0 Å². The third kappa shape index (κ3) is 5.42. The van der Waals surface area contributed by atoms with Crippen LogP contribution in [0.2, 0.25) is 0 Å². The van der Waals surface area contributed by atoms with Crippen molar-refractivity contribution < 1.29 is 14.7 Å². The molecule has 0 radical (unpaired) electrons. The predicted molar refractivity (Wildman–Crippen MR) is 117 cm³/mol. The van der Waals surface area contributed by atoms with Crippen LogP contribution in [0, 0.1) is 0 Å². The number of aliphatic hydroxyl groups is 1. The molecule has 28 heavy (non-hydrogen) atoms. The minimum absolute atomic E-state index is 0. The zero-order chi connectivity index (χ0) is 19.2. The molecule has 5 nitrogen and oxygen atoms in total. The van der Waals surface area contributed by atoms with Gasteiger partial charge in [-0.05, 0) is 53.3 Å². The Morgan fingerprint density at radius 2 is 1.86 bits per heavy atom. The normalized spacial score (nSPS) is 13.4. The van der Waals surface area contributed by atoms with E-state index in [1.54, 1.807) is 30.3 Å². The molecular formula is C22H24N2O3S. The molecule has 4 N–H and O–H groups in total. The van der Waals surface area contributed by atoms with E-state index in [1.165, 1.54) is 17.2 Å². The number of anilines is 1. The van der Waals surface area contributed by atoms with Crippen LogP contribution in [0.3, 0.4) is 0 Å². The van der Waals surface area contributed by atoms with Crippen molar-refractivity contribution in [2.45, 2.75) is 18.9 Å². The summed E-state index contributed by atoms with van der Waals surface area (Å²) in [6, 6.07) is 14.6. The van der Waals surface area contributed by atoms with Crippen molar-refractivity contribution in [3.05, 3.63) is 77.4 Å². The molecule has 6 heteroatoms. The predicted octanol–water partition coefficient (Wildman–Crippen LogP) is 2.67. The fraction of sp³-hybridized carbons (Fsp3) is 0.182. The van der Waals surface area contributed by atoms with Crippen LogP contribution in [-0.4, -0.2) is 29.4 Å². The molecule has 1 atom stereocenters. The van der Waals surface area contributed by atoms with Gasteiger partial charge in [-0.3, -0.25) is 9.59 Å².